The van der Waals surface area contributed by atoms with Crippen LogP contribution < -0.4 is 9.64 Å². The average molecular weight is 685 g/mol. The van der Waals surface area contributed by atoms with Gasteiger partial charge in [-0.05, 0) is 52.4 Å². The van der Waals surface area contributed by atoms with Gasteiger partial charge >= 0.3 is 5.97 Å². The molecule has 0 spiro atoms. The molecule has 2 aromatic heterocycles. The third-order valence-electron chi connectivity index (χ3n) is 5.92. The highest BCUT2D eigenvalue weighted by Gasteiger charge is 2.19. The van der Waals surface area contributed by atoms with Gasteiger partial charge in [-0.15, -0.1) is 0 Å². The summed E-state index contributed by atoms with van der Waals surface area (Å²) < 4.78 is 25.9. The zero-order chi connectivity index (χ0) is 28.6. The van der Waals surface area contributed by atoms with E-state index in [1.54, 1.807) is 10.7 Å². The Labute approximate surface area is 247 Å². The number of carbonyl (C=O) groups is 1. The first-order valence-corrected chi connectivity index (χ1v) is 21.6. The van der Waals surface area contributed by atoms with Crippen LogP contribution in [0.5, 0.6) is 11.6 Å². The minimum Gasteiger partial charge on any atom is -0.469 e. The lowest BCUT2D eigenvalue weighted by molar-refractivity contribution is -0.139. The Morgan fingerprint density at radius 2 is 1.56 bits per heavy atom. The minimum atomic E-state index is -1.21. The number of ether oxygens (including phenoxy) is 4. The van der Waals surface area contributed by atoms with Crippen LogP contribution >= 0.6 is 22.6 Å². The standard InChI is InChI=1S/C27H41IN4O5Si2/c1-34-26(33)16-21-8-10-22(11-9-21)37-24-17-25(32-27(30-24)23(28)18-29-32)31(19-35-12-14-38(2,3)4)20-36-13-15-39(5,6)7/h8-11,17-18H,12-16,19-20H2,1-7H3. The summed E-state index contributed by atoms with van der Waals surface area (Å²) in [6.07, 6.45) is 2.00. The van der Waals surface area contributed by atoms with E-state index in [4.69, 9.17) is 23.9 Å². The first-order valence-electron chi connectivity index (χ1n) is 13.1. The molecule has 0 radical (unpaired) electrons. The number of carbonyl (C=O) groups excluding carboxylic acids is 1. The van der Waals surface area contributed by atoms with Crippen molar-refractivity contribution in [1.29, 1.82) is 0 Å². The summed E-state index contributed by atoms with van der Waals surface area (Å²) >= 11 is 2.23. The van der Waals surface area contributed by atoms with Crippen molar-refractivity contribution < 1.29 is 23.7 Å². The quantitative estimate of drug-likeness (QED) is 0.0609. The number of methoxy groups -OCH3 is 1. The van der Waals surface area contributed by atoms with Gasteiger partial charge in [-0.2, -0.15) is 14.6 Å². The Hall–Kier alpha value is -2.01. The molecule has 0 saturated carbocycles. The SMILES string of the molecule is COC(=O)Cc1ccc(Oc2cc(N(COCC[Si](C)(C)C)COCC[Si](C)(C)C)n3ncc(I)c3n2)cc1. The van der Waals surface area contributed by atoms with Crippen LogP contribution in [0, 0.1) is 3.57 Å². The lowest BCUT2D eigenvalue weighted by Gasteiger charge is -2.26. The van der Waals surface area contributed by atoms with E-state index in [0.29, 0.717) is 44.0 Å². The fourth-order valence-electron chi connectivity index (χ4n) is 3.49. The first-order chi connectivity index (χ1) is 18.3. The molecule has 0 unspecified atom stereocenters. The van der Waals surface area contributed by atoms with Gasteiger partial charge in [0.05, 0.1) is 23.3 Å². The van der Waals surface area contributed by atoms with Crippen LogP contribution in [0.15, 0.2) is 36.5 Å². The second-order valence-electron chi connectivity index (χ2n) is 11.9. The Kier molecular flexibility index (Phi) is 11.4. The molecular formula is C27H41IN4O5Si2. The van der Waals surface area contributed by atoms with Gasteiger partial charge in [-0.25, -0.2) is 0 Å². The van der Waals surface area contributed by atoms with Crippen molar-refractivity contribution in [3.63, 3.8) is 0 Å². The lowest BCUT2D eigenvalue weighted by Crippen LogP contribution is -2.33. The molecule has 0 aliphatic carbocycles. The molecule has 12 heteroatoms. The van der Waals surface area contributed by atoms with Crippen LogP contribution in [0.1, 0.15) is 5.56 Å². The number of hydrogen-bond acceptors (Lipinski definition) is 8. The highest BCUT2D eigenvalue weighted by Crippen LogP contribution is 2.28. The monoisotopic (exact) mass is 684 g/mol. The number of aromatic nitrogens is 3. The van der Waals surface area contributed by atoms with Gasteiger partial charge in [0.25, 0.3) is 0 Å². The summed E-state index contributed by atoms with van der Waals surface area (Å²) in [7, 11) is -1.04. The molecule has 2 heterocycles. The molecule has 0 fully saturated rings. The number of esters is 1. The zero-order valence-corrected chi connectivity index (χ0v) is 28.3. The van der Waals surface area contributed by atoms with Crippen molar-refractivity contribution in [2.45, 2.75) is 57.8 Å². The van der Waals surface area contributed by atoms with Crippen LogP contribution in [0.2, 0.25) is 51.4 Å². The number of nitrogens with zero attached hydrogens (tertiary/aromatic N) is 4. The van der Waals surface area contributed by atoms with Gasteiger partial charge in [-0.3, -0.25) is 4.79 Å². The smallest absolute Gasteiger partial charge is 0.309 e. The van der Waals surface area contributed by atoms with E-state index in [9.17, 15) is 4.79 Å². The second-order valence-corrected chi connectivity index (χ2v) is 24.3. The molecular weight excluding hydrogens is 643 g/mol. The van der Waals surface area contributed by atoms with Crippen LogP contribution in [-0.2, 0) is 25.4 Å². The number of benzene rings is 1. The molecule has 0 bridgehead atoms. The number of fused-ring (bicyclic) bond motifs is 1. The summed E-state index contributed by atoms with van der Waals surface area (Å²) in [5.41, 5.74) is 1.54. The first kappa shape index (κ1) is 31.5. The Morgan fingerprint density at radius 3 is 2.10 bits per heavy atom. The van der Waals surface area contributed by atoms with Crippen LogP contribution in [0.3, 0.4) is 0 Å². The molecule has 0 saturated heterocycles. The molecule has 39 heavy (non-hydrogen) atoms. The molecule has 0 N–H and O–H groups in total. The highest BCUT2D eigenvalue weighted by atomic mass is 127. The molecule has 3 rings (SSSR count). The number of rotatable bonds is 15. The fourth-order valence-corrected chi connectivity index (χ4v) is 5.47. The van der Waals surface area contributed by atoms with Gasteiger partial charge < -0.3 is 23.8 Å². The van der Waals surface area contributed by atoms with Crippen molar-refractivity contribution >= 4 is 56.2 Å². The highest BCUT2D eigenvalue weighted by molar-refractivity contribution is 14.1. The van der Waals surface area contributed by atoms with E-state index in [2.05, 4.69) is 67.0 Å². The van der Waals surface area contributed by atoms with Crippen LogP contribution in [0.4, 0.5) is 5.82 Å². The van der Waals surface area contributed by atoms with Crippen LogP contribution in [0.25, 0.3) is 5.65 Å². The fraction of sp³-hybridized carbons (Fsp3) is 0.519. The number of halogens is 1. The van der Waals surface area contributed by atoms with Crippen molar-refractivity contribution in [3.05, 3.63) is 45.7 Å². The van der Waals surface area contributed by atoms with Gasteiger partial charge in [0.1, 0.15) is 25.0 Å². The Balaban J connectivity index is 1.84. The minimum absolute atomic E-state index is 0.212. The molecule has 0 amide bonds. The molecule has 0 aliphatic heterocycles. The molecule has 0 atom stereocenters. The zero-order valence-electron chi connectivity index (χ0n) is 24.1. The maximum absolute atomic E-state index is 11.6. The largest absolute Gasteiger partial charge is 0.469 e. The lowest BCUT2D eigenvalue weighted by atomic mass is 10.1. The molecule has 9 nitrogen and oxygen atoms in total. The maximum Gasteiger partial charge on any atom is 0.309 e. The van der Waals surface area contributed by atoms with Crippen molar-refractivity contribution in [2.24, 2.45) is 0 Å². The van der Waals surface area contributed by atoms with Crippen molar-refractivity contribution in [2.75, 3.05) is 38.7 Å². The Morgan fingerprint density at radius 1 is 0.974 bits per heavy atom. The third kappa shape index (κ3) is 10.5. The van der Waals surface area contributed by atoms with E-state index in [0.717, 1.165) is 27.0 Å². The van der Waals surface area contributed by atoms with Gasteiger partial charge in [0.15, 0.2) is 5.65 Å². The summed E-state index contributed by atoms with van der Waals surface area (Å²) in [5.74, 6) is 1.55. The summed E-state index contributed by atoms with van der Waals surface area (Å²) in [5, 5.41) is 4.58. The number of anilines is 1. The van der Waals surface area contributed by atoms with Gasteiger partial charge in [0, 0.05) is 35.4 Å². The van der Waals surface area contributed by atoms with Crippen molar-refractivity contribution in [1.82, 2.24) is 14.6 Å². The molecule has 214 valence electrons. The summed E-state index contributed by atoms with van der Waals surface area (Å²) in [6, 6.07) is 11.4. The van der Waals surface area contributed by atoms with E-state index < -0.39 is 16.1 Å². The molecule has 3 aromatic rings. The summed E-state index contributed by atoms with van der Waals surface area (Å²) in [6.45, 7) is 16.2. The molecule has 1 aromatic carbocycles. The predicted molar refractivity (Wildman–Crippen MR) is 168 cm³/mol. The Bertz CT molecular complexity index is 1200. The third-order valence-corrected chi connectivity index (χ3v) is 10.1. The van der Waals surface area contributed by atoms with E-state index in [1.165, 1.54) is 7.11 Å². The normalized spacial score (nSPS) is 12.1. The molecule has 0 aliphatic rings. The maximum atomic E-state index is 11.6. The second kappa shape index (κ2) is 14.1. The topological polar surface area (TPSA) is 87.4 Å². The number of hydrogen-bond donors (Lipinski definition) is 0. The van der Waals surface area contributed by atoms with Gasteiger partial charge in [-0.1, -0.05) is 51.4 Å². The summed E-state index contributed by atoms with van der Waals surface area (Å²) in [4.78, 5) is 18.3. The predicted octanol–water partition coefficient (Wildman–Crippen LogP) is 6.27. The van der Waals surface area contributed by atoms with E-state index >= 15 is 0 Å². The average Bonchev–Trinajstić information content (AvgIpc) is 3.23. The van der Waals surface area contributed by atoms with E-state index in [-0.39, 0.29) is 12.4 Å². The van der Waals surface area contributed by atoms with Gasteiger partial charge in [0.2, 0.25) is 5.88 Å². The van der Waals surface area contributed by atoms with E-state index in [1.807, 2.05) is 35.2 Å². The van der Waals surface area contributed by atoms with Crippen LogP contribution in [-0.4, -0.2) is 70.5 Å². The van der Waals surface area contributed by atoms with Crippen molar-refractivity contribution in [3.8, 4) is 11.6 Å².